The fourth-order valence-corrected chi connectivity index (χ4v) is 3.69. The van der Waals surface area contributed by atoms with E-state index in [9.17, 15) is 0 Å². The van der Waals surface area contributed by atoms with Gasteiger partial charge in [0.1, 0.15) is 0 Å². The summed E-state index contributed by atoms with van der Waals surface area (Å²) >= 11 is 0. The van der Waals surface area contributed by atoms with Gasteiger partial charge in [-0.15, -0.1) is 0 Å². The van der Waals surface area contributed by atoms with Crippen LogP contribution in [0, 0.1) is 0 Å². The van der Waals surface area contributed by atoms with Gasteiger partial charge in [-0.1, -0.05) is 42.5 Å². The van der Waals surface area contributed by atoms with Crippen molar-refractivity contribution in [2.24, 2.45) is 0 Å². The molecular weight excluding hydrogens is 434 g/mol. The molecule has 0 amide bonds. The summed E-state index contributed by atoms with van der Waals surface area (Å²) in [6, 6.07) is 17.6. The second-order valence-electron chi connectivity index (χ2n) is 7.49. The van der Waals surface area contributed by atoms with Crippen LogP contribution < -0.4 is 23.7 Å². The molecule has 2 heterocycles. The molecule has 0 saturated carbocycles. The van der Waals surface area contributed by atoms with Gasteiger partial charge in [-0.2, -0.15) is 5.10 Å². The van der Waals surface area contributed by atoms with Gasteiger partial charge in [-0.05, 0) is 35.4 Å². The van der Waals surface area contributed by atoms with Crippen molar-refractivity contribution in [3.63, 3.8) is 0 Å². The number of nitrogens with zero attached hydrogens (tertiary/aromatic N) is 2. The minimum absolute atomic E-state index is 0.271. The van der Waals surface area contributed by atoms with E-state index in [-0.39, 0.29) is 6.79 Å². The first kappa shape index (κ1) is 21.4. The van der Waals surface area contributed by atoms with Crippen molar-refractivity contribution in [2.75, 3.05) is 28.1 Å². The molecule has 0 aliphatic carbocycles. The first-order valence-corrected chi connectivity index (χ1v) is 10.6. The number of methoxy groups -OCH3 is 3. The van der Waals surface area contributed by atoms with Gasteiger partial charge in [0.15, 0.2) is 34.6 Å². The molecule has 3 aromatic carbocycles. The zero-order valence-electron chi connectivity index (χ0n) is 19.0. The topological polar surface area (TPSA) is 87.7 Å². The maximum Gasteiger partial charge on any atom is 0.231 e. The van der Waals surface area contributed by atoms with Gasteiger partial charge in [0, 0.05) is 11.1 Å². The number of aromatic amines is 1. The molecule has 1 aliphatic rings. The number of hydrogen-bond donors (Lipinski definition) is 1. The minimum atomic E-state index is 0.271. The van der Waals surface area contributed by atoms with Crippen LogP contribution in [0.3, 0.4) is 0 Å². The summed E-state index contributed by atoms with van der Waals surface area (Å²) in [6.07, 6.45) is 4.08. The molecule has 172 valence electrons. The molecule has 0 saturated heterocycles. The molecule has 0 spiro atoms. The van der Waals surface area contributed by atoms with E-state index in [2.05, 4.69) is 15.2 Å². The smallest absolute Gasteiger partial charge is 0.231 e. The van der Waals surface area contributed by atoms with Crippen LogP contribution in [0.5, 0.6) is 28.7 Å². The summed E-state index contributed by atoms with van der Waals surface area (Å²) in [6.45, 7) is 0.271. The number of benzene rings is 3. The Morgan fingerprint density at radius 1 is 0.765 bits per heavy atom. The molecule has 0 fully saturated rings. The lowest BCUT2D eigenvalue weighted by molar-refractivity contribution is 0.174. The van der Waals surface area contributed by atoms with Crippen LogP contribution in [-0.2, 0) is 0 Å². The minimum Gasteiger partial charge on any atom is -0.493 e. The van der Waals surface area contributed by atoms with E-state index >= 15 is 0 Å². The summed E-state index contributed by atoms with van der Waals surface area (Å²) in [5.74, 6) is 4.35. The number of nitrogens with one attached hydrogen (secondary N) is 1. The highest BCUT2D eigenvalue weighted by molar-refractivity contribution is 5.73. The van der Waals surface area contributed by atoms with Crippen LogP contribution in [0.15, 0.2) is 54.6 Å². The highest BCUT2D eigenvalue weighted by Gasteiger charge is 2.17. The predicted molar refractivity (Wildman–Crippen MR) is 128 cm³/mol. The lowest BCUT2D eigenvalue weighted by Crippen LogP contribution is -1.96. The Hall–Kier alpha value is -4.46. The Kier molecular flexibility index (Phi) is 5.78. The first-order valence-electron chi connectivity index (χ1n) is 10.6. The second kappa shape index (κ2) is 9.19. The predicted octanol–water partition coefficient (Wildman–Crippen LogP) is 5.06. The highest BCUT2D eigenvalue weighted by Crippen LogP contribution is 2.40. The standard InChI is InChI=1S/C26H23N3O5/c1-30-22-13-19(14-23(31-2)24(22)32-3)26-27-25(28-29-26)18-9-6-16(7-10-18)4-5-17-8-11-20-21(12-17)34-15-33-20/h4-14H,15H2,1-3H3,(H,27,28,29)/b5-4+. The third-order valence-corrected chi connectivity index (χ3v) is 5.46. The maximum atomic E-state index is 5.43. The van der Waals surface area contributed by atoms with Gasteiger partial charge in [0.2, 0.25) is 12.5 Å². The normalized spacial score (nSPS) is 12.2. The third kappa shape index (κ3) is 4.13. The number of rotatable bonds is 7. The number of fused-ring (bicyclic) bond motifs is 1. The second-order valence-corrected chi connectivity index (χ2v) is 7.49. The quantitative estimate of drug-likeness (QED) is 0.388. The highest BCUT2D eigenvalue weighted by atomic mass is 16.7. The van der Waals surface area contributed by atoms with Crippen LogP contribution in [0.1, 0.15) is 11.1 Å². The lowest BCUT2D eigenvalue weighted by atomic mass is 10.1. The van der Waals surface area contributed by atoms with Crippen molar-refractivity contribution in [1.82, 2.24) is 15.2 Å². The van der Waals surface area contributed by atoms with E-state index in [1.165, 1.54) is 0 Å². The largest absolute Gasteiger partial charge is 0.493 e. The van der Waals surface area contributed by atoms with E-state index in [1.807, 2.05) is 66.7 Å². The SMILES string of the molecule is COc1cc(-c2n[nH]c(-c3ccc(/C=C/c4ccc5c(c4)OCO5)cc3)n2)cc(OC)c1OC. The number of ether oxygens (including phenoxy) is 5. The summed E-state index contributed by atoms with van der Waals surface area (Å²) in [7, 11) is 4.72. The van der Waals surface area contributed by atoms with Crippen molar-refractivity contribution in [3.05, 3.63) is 65.7 Å². The molecule has 34 heavy (non-hydrogen) atoms. The van der Waals surface area contributed by atoms with Crippen LogP contribution in [0.4, 0.5) is 0 Å². The fraction of sp³-hybridized carbons (Fsp3) is 0.154. The number of aromatic nitrogens is 3. The van der Waals surface area contributed by atoms with Crippen LogP contribution >= 0.6 is 0 Å². The molecule has 5 rings (SSSR count). The molecule has 4 aromatic rings. The number of hydrogen-bond acceptors (Lipinski definition) is 7. The van der Waals surface area contributed by atoms with E-state index in [4.69, 9.17) is 23.7 Å². The van der Waals surface area contributed by atoms with Crippen molar-refractivity contribution < 1.29 is 23.7 Å². The summed E-state index contributed by atoms with van der Waals surface area (Å²) < 4.78 is 27.0. The molecule has 8 nitrogen and oxygen atoms in total. The molecule has 1 aliphatic heterocycles. The van der Waals surface area contributed by atoms with Crippen molar-refractivity contribution in [2.45, 2.75) is 0 Å². The fourth-order valence-electron chi connectivity index (χ4n) is 3.69. The van der Waals surface area contributed by atoms with Gasteiger partial charge < -0.3 is 23.7 Å². The maximum absolute atomic E-state index is 5.43. The Bertz CT molecular complexity index is 1320. The van der Waals surface area contributed by atoms with Gasteiger partial charge >= 0.3 is 0 Å². The Morgan fingerprint density at radius 2 is 1.44 bits per heavy atom. The van der Waals surface area contributed by atoms with Crippen molar-refractivity contribution in [1.29, 1.82) is 0 Å². The van der Waals surface area contributed by atoms with Gasteiger partial charge in [-0.25, -0.2) is 4.98 Å². The summed E-state index contributed by atoms with van der Waals surface area (Å²) in [4.78, 5) is 4.65. The van der Waals surface area contributed by atoms with Crippen LogP contribution in [0.2, 0.25) is 0 Å². The van der Waals surface area contributed by atoms with Gasteiger partial charge in [0.25, 0.3) is 0 Å². The van der Waals surface area contributed by atoms with E-state index < -0.39 is 0 Å². The Labute approximate surface area is 196 Å². The van der Waals surface area contributed by atoms with E-state index in [1.54, 1.807) is 21.3 Å². The Morgan fingerprint density at radius 3 is 2.15 bits per heavy atom. The van der Waals surface area contributed by atoms with Crippen molar-refractivity contribution in [3.8, 4) is 51.5 Å². The molecule has 0 atom stereocenters. The van der Waals surface area contributed by atoms with Gasteiger partial charge in [-0.3, -0.25) is 5.10 Å². The third-order valence-electron chi connectivity index (χ3n) is 5.46. The summed E-state index contributed by atoms with van der Waals surface area (Å²) in [5, 5.41) is 7.38. The molecule has 1 N–H and O–H groups in total. The summed E-state index contributed by atoms with van der Waals surface area (Å²) in [5.41, 5.74) is 3.77. The molecule has 1 aromatic heterocycles. The van der Waals surface area contributed by atoms with Crippen molar-refractivity contribution >= 4 is 12.2 Å². The molecule has 0 bridgehead atoms. The van der Waals surface area contributed by atoms with E-state index in [0.717, 1.165) is 33.8 Å². The first-order chi connectivity index (χ1) is 16.7. The zero-order valence-corrected chi connectivity index (χ0v) is 19.0. The van der Waals surface area contributed by atoms with Crippen LogP contribution in [-0.4, -0.2) is 43.3 Å². The average molecular weight is 457 g/mol. The molecule has 0 radical (unpaired) electrons. The Balaban J connectivity index is 1.35. The monoisotopic (exact) mass is 457 g/mol. The van der Waals surface area contributed by atoms with Crippen LogP contribution in [0.25, 0.3) is 34.9 Å². The molecule has 0 unspecified atom stereocenters. The van der Waals surface area contributed by atoms with Gasteiger partial charge in [0.05, 0.1) is 21.3 Å². The lowest BCUT2D eigenvalue weighted by Gasteiger charge is -2.12. The average Bonchev–Trinajstić information content (AvgIpc) is 3.56. The molecular formula is C26H23N3O5. The molecule has 8 heteroatoms. The number of H-pyrrole nitrogens is 1. The zero-order chi connectivity index (χ0) is 23.5. The van der Waals surface area contributed by atoms with E-state index in [0.29, 0.717) is 28.9 Å².